The van der Waals surface area contributed by atoms with Gasteiger partial charge in [0.1, 0.15) is 22.3 Å². The van der Waals surface area contributed by atoms with Gasteiger partial charge in [0.15, 0.2) is 0 Å². The molecule has 4 heteroatoms. The average molecular weight is 869 g/mol. The molecule has 0 spiro atoms. The van der Waals surface area contributed by atoms with Gasteiger partial charge in [-0.05, 0) is 106 Å². The maximum atomic E-state index is 6.94. The fourth-order valence-corrected chi connectivity index (χ4v) is 10.7. The lowest BCUT2D eigenvalue weighted by atomic mass is 9.96. The number of furan rings is 2. The minimum atomic E-state index is 0.846. The summed E-state index contributed by atoms with van der Waals surface area (Å²) in [6.45, 7) is 0. The number of rotatable bonds is 7. The van der Waals surface area contributed by atoms with Crippen molar-refractivity contribution >= 4 is 93.5 Å². The molecular weight excluding hydrogens is 829 g/mol. The molecule has 318 valence electrons. The second-order valence-electron chi connectivity index (χ2n) is 17.6. The van der Waals surface area contributed by atoms with Gasteiger partial charge < -0.3 is 18.3 Å². The Kier molecular flexibility index (Phi) is 8.55. The molecule has 0 radical (unpaired) electrons. The van der Waals surface area contributed by atoms with Gasteiger partial charge in [0.2, 0.25) is 0 Å². The van der Waals surface area contributed by atoms with Gasteiger partial charge >= 0.3 is 0 Å². The zero-order valence-corrected chi connectivity index (χ0v) is 36.8. The highest BCUT2D eigenvalue weighted by Crippen LogP contribution is 2.48. The van der Waals surface area contributed by atoms with Crippen LogP contribution < -0.4 is 4.90 Å². The number of hydrogen-bond acceptors (Lipinski definition) is 3. The van der Waals surface area contributed by atoms with Gasteiger partial charge in [-0.1, -0.05) is 170 Å². The summed E-state index contributed by atoms with van der Waals surface area (Å²) in [6.07, 6.45) is 0. The van der Waals surface area contributed by atoms with Crippen LogP contribution in [0.1, 0.15) is 0 Å². The summed E-state index contributed by atoms with van der Waals surface area (Å²) in [6, 6.07) is 86.9. The Labute approximate surface area is 391 Å². The molecule has 14 rings (SSSR count). The number of para-hydroxylation sites is 5. The quantitative estimate of drug-likeness (QED) is 0.160. The highest BCUT2D eigenvalue weighted by molar-refractivity contribution is 6.14. The Morgan fingerprint density at radius 3 is 1.44 bits per heavy atom. The van der Waals surface area contributed by atoms with Crippen molar-refractivity contribution in [1.82, 2.24) is 4.57 Å². The van der Waals surface area contributed by atoms with Crippen molar-refractivity contribution in [2.75, 3.05) is 4.90 Å². The highest BCUT2D eigenvalue weighted by Gasteiger charge is 2.24. The largest absolute Gasteiger partial charge is 0.455 e. The van der Waals surface area contributed by atoms with Crippen LogP contribution >= 0.6 is 0 Å². The van der Waals surface area contributed by atoms with Crippen molar-refractivity contribution in [3.8, 4) is 39.1 Å². The molecule has 11 aromatic carbocycles. The Hall–Kier alpha value is -9.12. The van der Waals surface area contributed by atoms with Crippen molar-refractivity contribution in [2.45, 2.75) is 0 Å². The van der Waals surface area contributed by atoms with Crippen LogP contribution in [0, 0.1) is 0 Å². The van der Waals surface area contributed by atoms with E-state index in [4.69, 9.17) is 8.83 Å². The number of aromatic nitrogens is 1. The molecule has 0 saturated carbocycles. The van der Waals surface area contributed by atoms with Crippen LogP contribution in [0.2, 0.25) is 0 Å². The van der Waals surface area contributed by atoms with Gasteiger partial charge in [-0.3, -0.25) is 0 Å². The molecule has 0 atom stereocenters. The lowest BCUT2D eigenvalue weighted by Gasteiger charge is -2.28. The Bertz CT molecular complexity index is 4190. The first-order valence-corrected chi connectivity index (χ1v) is 23.2. The maximum Gasteiger partial charge on any atom is 0.145 e. The van der Waals surface area contributed by atoms with Gasteiger partial charge in [-0.15, -0.1) is 0 Å². The summed E-state index contributed by atoms with van der Waals surface area (Å²) in [5, 5.41) is 9.34. The van der Waals surface area contributed by atoms with Crippen LogP contribution in [0.5, 0.6) is 0 Å². The molecule has 0 N–H and O–H groups in total. The van der Waals surface area contributed by atoms with Gasteiger partial charge in [0, 0.05) is 60.5 Å². The molecule has 0 fully saturated rings. The predicted molar refractivity (Wildman–Crippen MR) is 284 cm³/mol. The summed E-state index contributed by atoms with van der Waals surface area (Å²) in [4.78, 5) is 2.38. The van der Waals surface area contributed by atoms with Crippen LogP contribution in [0.15, 0.2) is 251 Å². The third-order valence-electron chi connectivity index (χ3n) is 13.8. The number of fused-ring (bicyclic) bond motifs is 10. The van der Waals surface area contributed by atoms with E-state index in [0.29, 0.717) is 0 Å². The van der Waals surface area contributed by atoms with Gasteiger partial charge in [-0.2, -0.15) is 0 Å². The van der Waals surface area contributed by atoms with Crippen molar-refractivity contribution in [2.24, 2.45) is 0 Å². The molecule has 3 aromatic heterocycles. The number of hydrogen-bond donors (Lipinski definition) is 0. The third kappa shape index (κ3) is 5.94. The molecule has 0 aliphatic rings. The molecule has 0 aliphatic carbocycles. The van der Waals surface area contributed by atoms with E-state index < -0.39 is 0 Å². The number of anilines is 3. The smallest absolute Gasteiger partial charge is 0.145 e. The van der Waals surface area contributed by atoms with E-state index in [9.17, 15) is 0 Å². The normalized spacial score (nSPS) is 11.8. The average Bonchev–Trinajstić information content (AvgIpc) is 4.09. The third-order valence-corrected chi connectivity index (χ3v) is 13.8. The van der Waals surface area contributed by atoms with Gasteiger partial charge in [-0.25, -0.2) is 0 Å². The topological polar surface area (TPSA) is 34.5 Å². The molecule has 14 aromatic rings. The summed E-state index contributed by atoms with van der Waals surface area (Å²) < 4.78 is 15.8. The Morgan fingerprint density at radius 1 is 0.309 bits per heavy atom. The monoisotopic (exact) mass is 868 g/mol. The molecular formula is C64H40N2O2. The Balaban J connectivity index is 0.966. The van der Waals surface area contributed by atoms with Crippen LogP contribution in [0.4, 0.5) is 17.1 Å². The Morgan fingerprint density at radius 2 is 0.779 bits per heavy atom. The first-order chi connectivity index (χ1) is 33.7. The lowest BCUT2D eigenvalue weighted by molar-refractivity contribution is 0.669. The molecule has 0 amide bonds. The highest BCUT2D eigenvalue weighted by atomic mass is 16.3. The molecule has 0 bridgehead atoms. The minimum absolute atomic E-state index is 0.846. The molecule has 0 unspecified atom stereocenters. The zero-order chi connectivity index (χ0) is 44.7. The SMILES string of the molecule is c1ccc2c(-c3ccc(N(c4ccc(-c5cccc6c5oc5ccccc56)cc4)c4ccc5c(oc6ccccc65)c4-c4ccc(-n5c6ccccc6c6ccccc65)cc4)cc3)cccc2c1. The number of benzene rings is 11. The fraction of sp³-hybridized carbons (Fsp3) is 0. The van der Waals surface area contributed by atoms with Gasteiger partial charge in [0.05, 0.1) is 16.7 Å². The molecule has 4 nitrogen and oxygen atoms in total. The minimum Gasteiger partial charge on any atom is -0.455 e. The van der Waals surface area contributed by atoms with Crippen molar-refractivity contribution in [1.29, 1.82) is 0 Å². The van der Waals surface area contributed by atoms with Crippen molar-refractivity contribution < 1.29 is 8.83 Å². The van der Waals surface area contributed by atoms with Crippen LogP contribution in [-0.2, 0) is 0 Å². The standard InChI is InChI=1S/C64H40N2O2/c1-2-15-48-41(13-1)14-11-20-49(48)42-27-33-45(34-28-42)65(46-35-29-43(30-36-46)50-21-12-22-55-53-18-5-9-25-60(53)67-63(50)55)59-40-39-56-54-19-6-10-26-61(54)68-64(56)62(59)44-31-37-47(38-32-44)66-57-23-7-3-16-51(57)52-17-4-8-24-58(52)66/h1-40H. The molecule has 0 aliphatic heterocycles. The van der Waals surface area contributed by atoms with E-state index in [-0.39, 0.29) is 0 Å². The van der Waals surface area contributed by atoms with E-state index in [1.165, 1.54) is 38.1 Å². The van der Waals surface area contributed by atoms with E-state index >= 15 is 0 Å². The lowest BCUT2D eigenvalue weighted by Crippen LogP contribution is -2.11. The van der Waals surface area contributed by atoms with E-state index in [1.54, 1.807) is 0 Å². The molecule has 0 saturated heterocycles. The molecule has 68 heavy (non-hydrogen) atoms. The van der Waals surface area contributed by atoms with Crippen molar-refractivity contribution in [3.05, 3.63) is 243 Å². The fourth-order valence-electron chi connectivity index (χ4n) is 10.7. The van der Waals surface area contributed by atoms with Crippen molar-refractivity contribution in [3.63, 3.8) is 0 Å². The second-order valence-corrected chi connectivity index (χ2v) is 17.6. The second kappa shape index (κ2) is 15.2. The number of nitrogens with zero attached hydrogens (tertiary/aromatic N) is 2. The van der Waals surface area contributed by atoms with Crippen LogP contribution in [0.25, 0.3) is 116 Å². The van der Waals surface area contributed by atoms with Crippen LogP contribution in [-0.4, -0.2) is 4.57 Å². The first-order valence-electron chi connectivity index (χ1n) is 23.2. The maximum absolute atomic E-state index is 6.94. The van der Waals surface area contributed by atoms with Crippen LogP contribution in [0.3, 0.4) is 0 Å². The predicted octanol–water partition coefficient (Wildman–Crippen LogP) is 18.2. The summed E-state index contributed by atoms with van der Waals surface area (Å²) >= 11 is 0. The summed E-state index contributed by atoms with van der Waals surface area (Å²) in [5.74, 6) is 0. The van der Waals surface area contributed by atoms with Gasteiger partial charge in [0.25, 0.3) is 0 Å². The molecule has 3 heterocycles. The van der Waals surface area contributed by atoms with E-state index in [0.717, 1.165) is 94.4 Å². The summed E-state index contributed by atoms with van der Waals surface area (Å²) in [5.41, 5.74) is 16.6. The zero-order valence-electron chi connectivity index (χ0n) is 36.8. The summed E-state index contributed by atoms with van der Waals surface area (Å²) in [7, 11) is 0. The first kappa shape index (κ1) is 38.2. The van der Waals surface area contributed by atoms with E-state index in [1.807, 2.05) is 18.2 Å². The van der Waals surface area contributed by atoms with E-state index in [2.05, 4.69) is 234 Å².